The van der Waals surface area contributed by atoms with Gasteiger partial charge < -0.3 is 16.0 Å². The Hall–Kier alpha value is -2.56. The molecule has 0 aromatic heterocycles. The van der Waals surface area contributed by atoms with Crippen LogP contribution in [0.25, 0.3) is 0 Å². The van der Waals surface area contributed by atoms with Gasteiger partial charge in [-0.15, -0.1) is 0 Å². The molecule has 0 atom stereocenters. The van der Waals surface area contributed by atoms with Crippen LogP contribution in [0, 0.1) is 12.7 Å². The third-order valence-corrected chi connectivity index (χ3v) is 4.15. The first-order chi connectivity index (χ1) is 11.0. The summed E-state index contributed by atoms with van der Waals surface area (Å²) in [5.41, 5.74) is 9.04. The summed E-state index contributed by atoms with van der Waals surface area (Å²) in [7, 11) is 0. The van der Waals surface area contributed by atoms with Gasteiger partial charge in [-0.1, -0.05) is 6.07 Å². The second kappa shape index (κ2) is 6.28. The van der Waals surface area contributed by atoms with Crippen LogP contribution in [0.3, 0.4) is 0 Å². The number of benzene rings is 2. The zero-order valence-corrected chi connectivity index (χ0v) is 13.1. The predicted molar refractivity (Wildman–Crippen MR) is 91.4 cm³/mol. The maximum Gasteiger partial charge on any atom is 0.255 e. The number of aryl methyl sites for hydroxylation is 1. The molecule has 5 heteroatoms. The molecule has 1 aliphatic rings. The van der Waals surface area contributed by atoms with E-state index in [1.807, 2.05) is 13.0 Å². The van der Waals surface area contributed by atoms with Crippen molar-refractivity contribution >= 4 is 23.0 Å². The molecular formula is C18H20FN3O. The number of hydrogen-bond acceptors (Lipinski definition) is 3. The van der Waals surface area contributed by atoms with Crippen LogP contribution in [0.5, 0.6) is 0 Å². The van der Waals surface area contributed by atoms with Crippen molar-refractivity contribution in [3.63, 3.8) is 0 Å². The Morgan fingerprint density at radius 3 is 2.61 bits per heavy atom. The van der Waals surface area contributed by atoms with Gasteiger partial charge in [0, 0.05) is 35.7 Å². The molecule has 1 aliphatic heterocycles. The van der Waals surface area contributed by atoms with Gasteiger partial charge in [-0.05, 0) is 55.7 Å². The van der Waals surface area contributed by atoms with Gasteiger partial charge in [0.05, 0.1) is 0 Å². The van der Waals surface area contributed by atoms with Crippen LogP contribution >= 0.6 is 0 Å². The largest absolute Gasteiger partial charge is 0.398 e. The topological polar surface area (TPSA) is 58.4 Å². The van der Waals surface area contributed by atoms with Crippen LogP contribution in [-0.4, -0.2) is 19.0 Å². The number of carbonyl (C=O) groups is 1. The Kier molecular flexibility index (Phi) is 4.19. The Bertz CT molecular complexity index is 739. The molecule has 2 aromatic carbocycles. The Balaban J connectivity index is 1.81. The minimum atomic E-state index is -0.354. The molecule has 2 aromatic rings. The summed E-state index contributed by atoms with van der Waals surface area (Å²) in [6.07, 6.45) is 2.22. The molecule has 0 spiro atoms. The molecule has 0 bridgehead atoms. The van der Waals surface area contributed by atoms with E-state index in [-0.39, 0.29) is 11.7 Å². The SMILES string of the molecule is Cc1ccc(C(=O)Nc2cc(F)cc(N3CCCC3)c2)cc1N. The van der Waals surface area contributed by atoms with Crippen molar-refractivity contribution < 1.29 is 9.18 Å². The lowest BCUT2D eigenvalue weighted by molar-refractivity contribution is 0.102. The first kappa shape index (κ1) is 15.3. The molecule has 0 unspecified atom stereocenters. The van der Waals surface area contributed by atoms with E-state index in [1.54, 1.807) is 18.2 Å². The van der Waals surface area contributed by atoms with Gasteiger partial charge in [0.25, 0.3) is 5.91 Å². The number of nitrogens with one attached hydrogen (secondary N) is 1. The summed E-state index contributed by atoms with van der Waals surface area (Å²) in [6, 6.07) is 9.78. The van der Waals surface area contributed by atoms with Gasteiger partial charge in [-0.3, -0.25) is 4.79 Å². The Morgan fingerprint density at radius 1 is 1.17 bits per heavy atom. The highest BCUT2D eigenvalue weighted by atomic mass is 19.1. The number of carbonyl (C=O) groups excluding carboxylic acids is 1. The summed E-state index contributed by atoms with van der Waals surface area (Å²) in [4.78, 5) is 14.4. The van der Waals surface area contributed by atoms with Crippen molar-refractivity contribution in [1.29, 1.82) is 0 Å². The fraction of sp³-hybridized carbons (Fsp3) is 0.278. The quantitative estimate of drug-likeness (QED) is 0.852. The summed E-state index contributed by atoms with van der Waals surface area (Å²) in [5.74, 6) is -0.650. The summed E-state index contributed by atoms with van der Waals surface area (Å²) in [6.45, 7) is 3.72. The smallest absolute Gasteiger partial charge is 0.255 e. The molecule has 1 fully saturated rings. The van der Waals surface area contributed by atoms with Crippen molar-refractivity contribution in [2.24, 2.45) is 0 Å². The highest BCUT2D eigenvalue weighted by Gasteiger charge is 2.15. The number of halogens is 1. The third kappa shape index (κ3) is 3.44. The molecule has 23 heavy (non-hydrogen) atoms. The minimum Gasteiger partial charge on any atom is -0.398 e. The highest BCUT2D eigenvalue weighted by Crippen LogP contribution is 2.25. The van der Waals surface area contributed by atoms with E-state index in [9.17, 15) is 9.18 Å². The zero-order valence-electron chi connectivity index (χ0n) is 13.1. The number of anilines is 3. The fourth-order valence-electron chi connectivity index (χ4n) is 2.79. The lowest BCUT2D eigenvalue weighted by atomic mass is 10.1. The van der Waals surface area contributed by atoms with Crippen LogP contribution in [0.15, 0.2) is 36.4 Å². The lowest BCUT2D eigenvalue weighted by Gasteiger charge is -2.19. The number of nitrogen functional groups attached to an aromatic ring is 1. The summed E-state index contributed by atoms with van der Waals surface area (Å²) in [5, 5.41) is 2.75. The lowest BCUT2D eigenvalue weighted by Crippen LogP contribution is -2.18. The monoisotopic (exact) mass is 313 g/mol. The molecule has 120 valence electrons. The molecular weight excluding hydrogens is 293 g/mol. The van der Waals surface area contributed by atoms with E-state index in [0.717, 1.165) is 37.2 Å². The molecule has 1 heterocycles. The van der Waals surface area contributed by atoms with Crippen molar-refractivity contribution in [2.45, 2.75) is 19.8 Å². The average molecular weight is 313 g/mol. The predicted octanol–water partition coefficient (Wildman–Crippen LogP) is 3.57. The Labute approximate surface area is 135 Å². The van der Waals surface area contributed by atoms with Crippen molar-refractivity contribution in [3.05, 3.63) is 53.3 Å². The molecule has 3 rings (SSSR count). The maximum absolute atomic E-state index is 13.9. The first-order valence-corrected chi connectivity index (χ1v) is 7.76. The van der Waals surface area contributed by atoms with Crippen LogP contribution < -0.4 is 16.0 Å². The number of amides is 1. The van der Waals surface area contributed by atoms with Gasteiger partial charge in [0.2, 0.25) is 0 Å². The maximum atomic E-state index is 13.9. The van der Waals surface area contributed by atoms with Crippen molar-refractivity contribution in [3.8, 4) is 0 Å². The van der Waals surface area contributed by atoms with E-state index in [0.29, 0.717) is 16.9 Å². The number of nitrogens with zero attached hydrogens (tertiary/aromatic N) is 1. The van der Waals surface area contributed by atoms with E-state index in [2.05, 4.69) is 10.2 Å². The van der Waals surface area contributed by atoms with E-state index in [1.165, 1.54) is 12.1 Å². The second-order valence-electron chi connectivity index (χ2n) is 5.92. The minimum absolute atomic E-state index is 0.297. The third-order valence-electron chi connectivity index (χ3n) is 4.15. The number of rotatable bonds is 3. The highest BCUT2D eigenvalue weighted by molar-refractivity contribution is 6.05. The van der Waals surface area contributed by atoms with Gasteiger partial charge >= 0.3 is 0 Å². The molecule has 0 aliphatic carbocycles. The number of nitrogens with two attached hydrogens (primary N) is 1. The van der Waals surface area contributed by atoms with Gasteiger partial charge in [-0.25, -0.2) is 4.39 Å². The van der Waals surface area contributed by atoms with Crippen LogP contribution in [0.1, 0.15) is 28.8 Å². The second-order valence-corrected chi connectivity index (χ2v) is 5.92. The van der Waals surface area contributed by atoms with E-state index >= 15 is 0 Å². The standard InChI is InChI=1S/C18H20FN3O/c1-12-4-5-13(8-17(12)20)18(23)21-15-9-14(19)10-16(11-15)22-6-2-3-7-22/h4-5,8-11H,2-3,6-7,20H2,1H3,(H,21,23). The molecule has 1 amide bonds. The van der Waals surface area contributed by atoms with Crippen LogP contribution in [0.4, 0.5) is 21.5 Å². The molecule has 0 saturated carbocycles. The van der Waals surface area contributed by atoms with E-state index in [4.69, 9.17) is 5.73 Å². The zero-order chi connectivity index (χ0) is 16.4. The van der Waals surface area contributed by atoms with Gasteiger partial charge in [0.1, 0.15) is 5.82 Å². The molecule has 0 radical (unpaired) electrons. The number of hydrogen-bond donors (Lipinski definition) is 2. The van der Waals surface area contributed by atoms with Gasteiger partial charge in [0.15, 0.2) is 0 Å². The average Bonchev–Trinajstić information content (AvgIpc) is 3.03. The fourth-order valence-corrected chi connectivity index (χ4v) is 2.79. The molecule has 4 nitrogen and oxygen atoms in total. The first-order valence-electron chi connectivity index (χ1n) is 7.76. The molecule has 3 N–H and O–H groups in total. The van der Waals surface area contributed by atoms with Gasteiger partial charge in [-0.2, -0.15) is 0 Å². The normalized spacial score (nSPS) is 14.1. The summed E-state index contributed by atoms with van der Waals surface area (Å²) >= 11 is 0. The van der Waals surface area contributed by atoms with Crippen molar-refractivity contribution in [2.75, 3.05) is 29.0 Å². The van der Waals surface area contributed by atoms with Crippen molar-refractivity contribution in [1.82, 2.24) is 0 Å². The van der Waals surface area contributed by atoms with Crippen LogP contribution in [-0.2, 0) is 0 Å². The Morgan fingerprint density at radius 2 is 1.91 bits per heavy atom. The van der Waals surface area contributed by atoms with Crippen LogP contribution in [0.2, 0.25) is 0 Å². The summed E-state index contributed by atoms with van der Waals surface area (Å²) < 4.78 is 13.9. The van der Waals surface area contributed by atoms with E-state index < -0.39 is 0 Å². The molecule has 1 saturated heterocycles.